The number of nitrogens with zero attached hydrogens (tertiary/aromatic N) is 3. The molecule has 9 heteroatoms. The number of halogens is 2. The van der Waals surface area contributed by atoms with Gasteiger partial charge in [0.1, 0.15) is 12.4 Å². The second-order valence-electron chi connectivity index (χ2n) is 7.30. The molecule has 0 fully saturated rings. The summed E-state index contributed by atoms with van der Waals surface area (Å²) >= 11 is 5.90. The lowest BCUT2D eigenvalue weighted by Gasteiger charge is -2.11. The highest BCUT2D eigenvalue weighted by Gasteiger charge is 2.21. The van der Waals surface area contributed by atoms with Crippen molar-refractivity contribution >= 4 is 34.1 Å². The summed E-state index contributed by atoms with van der Waals surface area (Å²) in [6, 6.07) is 12.1. The molecule has 1 N–H and O–H groups in total. The van der Waals surface area contributed by atoms with E-state index in [-0.39, 0.29) is 21.5 Å². The molecule has 2 heterocycles. The summed E-state index contributed by atoms with van der Waals surface area (Å²) in [6.45, 7) is 3.07. The number of benzene rings is 2. The fraction of sp³-hybridized carbons (Fsp3) is 0.130. The molecule has 2 aromatic heterocycles. The van der Waals surface area contributed by atoms with Crippen LogP contribution in [0.15, 0.2) is 53.3 Å². The van der Waals surface area contributed by atoms with Crippen molar-refractivity contribution in [2.24, 2.45) is 0 Å². The van der Waals surface area contributed by atoms with E-state index < -0.39 is 29.7 Å². The summed E-state index contributed by atoms with van der Waals surface area (Å²) in [6.07, 6.45) is 0. The van der Waals surface area contributed by atoms with Crippen LogP contribution < -0.4 is 5.56 Å². The number of carbonyl (C=O) groups excluding carboxylic acids is 1. The predicted molar refractivity (Wildman–Crippen MR) is 118 cm³/mol. The van der Waals surface area contributed by atoms with Gasteiger partial charge in [0.15, 0.2) is 11.5 Å². The molecule has 0 unspecified atom stereocenters. The molecule has 0 bridgehead atoms. The number of aryl methyl sites for hydroxylation is 1. The lowest BCUT2D eigenvalue weighted by Crippen LogP contribution is -2.29. The molecule has 0 spiro atoms. The molecule has 0 aliphatic carbocycles. The normalized spacial score (nSPS) is 11.1. The Balaban J connectivity index is 1.77. The van der Waals surface area contributed by atoms with E-state index in [1.165, 1.54) is 24.3 Å². The number of carbonyl (C=O) groups is 2. The van der Waals surface area contributed by atoms with E-state index in [2.05, 4.69) is 5.10 Å². The van der Waals surface area contributed by atoms with Crippen molar-refractivity contribution in [1.82, 2.24) is 14.3 Å². The molecule has 0 radical (unpaired) electrons. The molecule has 0 saturated carbocycles. The predicted octanol–water partition coefficient (Wildman–Crippen LogP) is 4.18. The van der Waals surface area contributed by atoms with Crippen molar-refractivity contribution in [2.75, 3.05) is 0 Å². The van der Waals surface area contributed by atoms with E-state index in [0.717, 1.165) is 4.68 Å². The Morgan fingerprint density at radius 3 is 2.44 bits per heavy atom. The van der Waals surface area contributed by atoms with Gasteiger partial charge in [-0.25, -0.2) is 13.9 Å². The number of ketones is 1. The fourth-order valence-corrected chi connectivity index (χ4v) is 3.96. The van der Waals surface area contributed by atoms with Gasteiger partial charge in [-0.05, 0) is 44.2 Å². The maximum Gasteiger partial charge on any atom is 0.357 e. The number of hydrogen-bond acceptors (Lipinski definition) is 4. The summed E-state index contributed by atoms with van der Waals surface area (Å²) in [5.41, 5.74) is 1.33. The highest BCUT2D eigenvalue weighted by molar-refractivity contribution is 6.30. The van der Waals surface area contributed by atoms with Gasteiger partial charge in [0.05, 0.1) is 10.4 Å². The van der Waals surface area contributed by atoms with Crippen LogP contribution in [0.1, 0.15) is 32.2 Å². The van der Waals surface area contributed by atoms with E-state index in [4.69, 9.17) is 11.6 Å². The molecule has 7 nitrogen and oxygen atoms in total. The SMILES string of the molecule is Cc1cc(C(=O)Cn2nc(C(=O)O)c3ccccc3c2=O)c(C)n1-c1ccc(F)c(Cl)c1. The Morgan fingerprint density at radius 2 is 1.78 bits per heavy atom. The van der Waals surface area contributed by atoms with Crippen molar-refractivity contribution in [3.8, 4) is 5.69 Å². The molecule has 0 amide bonds. The summed E-state index contributed by atoms with van der Waals surface area (Å²) < 4.78 is 16.2. The zero-order chi connectivity index (χ0) is 23.2. The molecule has 4 rings (SSSR count). The van der Waals surface area contributed by atoms with Gasteiger partial charge in [0.2, 0.25) is 0 Å². The third-order valence-electron chi connectivity index (χ3n) is 5.26. The van der Waals surface area contributed by atoms with Crippen LogP contribution in [0.4, 0.5) is 4.39 Å². The minimum atomic E-state index is -1.30. The van der Waals surface area contributed by atoms with E-state index >= 15 is 0 Å². The van der Waals surface area contributed by atoms with Crippen LogP contribution in [0.3, 0.4) is 0 Å². The summed E-state index contributed by atoms with van der Waals surface area (Å²) in [5, 5.41) is 13.7. The van der Waals surface area contributed by atoms with Crippen LogP contribution in [0.2, 0.25) is 5.02 Å². The number of aromatic nitrogens is 3. The quantitative estimate of drug-likeness (QED) is 0.457. The van der Waals surface area contributed by atoms with Crippen LogP contribution in [-0.2, 0) is 6.54 Å². The van der Waals surface area contributed by atoms with Gasteiger partial charge >= 0.3 is 5.97 Å². The second kappa shape index (κ2) is 8.05. The maximum atomic E-state index is 13.6. The Kier molecular flexibility index (Phi) is 5.40. The molecule has 0 aliphatic rings. The molecular weight excluding hydrogens is 437 g/mol. The highest BCUT2D eigenvalue weighted by atomic mass is 35.5. The third-order valence-corrected chi connectivity index (χ3v) is 5.55. The van der Waals surface area contributed by atoms with Gasteiger partial charge in [0, 0.05) is 28.0 Å². The Bertz CT molecular complexity index is 1470. The third kappa shape index (κ3) is 3.58. The van der Waals surface area contributed by atoms with E-state index in [1.54, 1.807) is 42.7 Å². The minimum absolute atomic E-state index is 0.0454. The Labute approximate surface area is 186 Å². The average molecular weight is 454 g/mol. The first-order chi connectivity index (χ1) is 15.2. The van der Waals surface area contributed by atoms with Crippen molar-refractivity contribution < 1.29 is 19.1 Å². The molecule has 162 valence electrons. The Hall–Kier alpha value is -3.78. The molecule has 0 saturated heterocycles. The fourth-order valence-electron chi connectivity index (χ4n) is 3.79. The maximum absolute atomic E-state index is 13.6. The van der Waals surface area contributed by atoms with Crippen LogP contribution in [0, 0.1) is 19.7 Å². The van der Waals surface area contributed by atoms with Crippen LogP contribution in [-0.4, -0.2) is 31.2 Å². The van der Waals surface area contributed by atoms with Crippen molar-refractivity contribution in [3.05, 3.63) is 92.4 Å². The van der Waals surface area contributed by atoms with Crippen molar-refractivity contribution in [3.63, 3.8) is 0 Å². The van der Waals surface area contributed by atoms with Gasteiger partial charge in [-0.15, -0.1) is 0 Å². The molecule has 0 atom stereocenters. The number of carboxylic acids is 1. The lowest BCUT2D eigenvalue weighted by atomic mass is 10.1. The number of hydrogen-bond donors (Lipinski definition) is 1. The summed E-state index contributed by atoms with van der Waals surface area (Å²) in [4.78, 5) is 37.5. The van der Waals surface area contributed by atoms with Crippen molar-refractivity contribution in [1.29, 1.82) is 0 Å². The number of fused-ring (bicyclic) bond motifs is 1. The topological polar surface area (TPSA) is 94.2 Å². The zero-order valence-corrected chi connectivity index (χ0v) is 17.9. The van der Waals surface area contributed by atoms with E-state index in [0.29, 0.717) is 22.6 Å². The number of carboxylic acid groups (broad SMARTS) is 1. The first-order valence-electron chi connectivity index (χ1n) is 9.59. The Morgan fingerprint density at radius 1 is 1.09 bits per heavy atom. The minimum Gasteiger partial charge on any atom is -0.476 e. The number of aromatic carboxylic acids is 1. The molecule has 32 heavy (non-hydrogen) atoms. The van der Waals surface area contributed by atoms with Crippen LogP contribution in [0.25, 0.3) is 16.5 Å². The number of Topliss-reactive ketones (excluding diaryl/α,β-unsaturated/α-hetero) is 1. The van der Waals surface area contributed by atoms with Gasteiger partial charge in [-0.3, -0.25) is 9.59 Å². The van der Waals surface area contributed by atoms with Gasteiger partial charge in [-0.1, -0.05) is 29.8 Å². The summed E-state index contributed by atoms with van der Waals surface area (Å²) in [7, 11) is 0. The molecule has 0 aliphatic heterocycles. The summed E-state index contributed by atoms with van der Waals surface area (Å²) in [5.74, 6) is -2.27. The van der Waals surface area contributed by atoms with Crippen LogP contribution >= 0.6 is 11.6 Å². The number of rotatable bonds is 5. The lowest BCUT2D eigenvalue weighted by molar-refractivity contribution is 0.0688. The van der Waals surface area contributed by atoms with Crippen molar-refractivity contribution in [2.45, 2.75) is 20.4 Å². The monoisotopic (exact) mass is 453 g/mol. The van der Waals surface area contributed by atoms with Gasteiger partial charge in [-0.2, -0.15) is 5.10 Å². The first kappa shape index (κ1) is 21.5. The second-order valence-corrected chi connectivity index (χ2v) is 7.71. The van der Waals surface area contributed by atoms with E-state index in [9.17, 15) is 23.9 Å². The van der Waals surface area contributed by atoms with E-state index in [1.807, 2.05) is 0 Å². The van der Waals surface area contributed by atoms with Gasteiger partial charge in [0.25, 0.3) is 5.56 Å². The molecular formula is C23H17ClFN3O4. The average Bonchev–Trinajstić information content (AvgIpc) is 3.06. The zero-order valence-electron chi connectivity index (χ0n) is 17.1. The largest absolute Gasteiger partial charge is 0.476 e. The molecule has 2 aromatic carbocycles. The van der Waals surface area contributed by atoms with Crippen LogP contribution in [0.5, 0.6) is 0 Å². The van der Waals surface area contributed by atoms with Gasteiger partial charge < -0.3 is 9.67 Å². The molecule has 4 aromatic rings. The smallest absolute Gasteiger partial charge is 0.357 e. The first-order valence-corrected chi connectivity index (χ1v) is 9.97. The highest BCUT2D eigenvalue weighted by Crippen LogP contribution is 2.25. The standard InChI is InChI=1S/C23H17ClFN3O4/c1-12-9-17(13(2)28(12)14-7-8-19(25)18(24)10-14)20(29)11-27-22(30)16-6-4-3-5-15(16)21(26-27)23(31)32/h3-10H,11H2,1-2H3,(H,31,32).